The molecule has 0 atom stereocenters. The van der Waals surface area contributed by atoms with Gasteiger partial charge in [-0.25, -0.2) is 4.98 Å². The van der Waals surface area contributed by atoms with Crippen molar-refractivity contribution in [2.45, 2.75) is 6.18 Å². The summed E-state index contributed by atoms with van der Waals surface area (Å²) < 4.78 is 38.4. The van der Waals surface area contributed by atoms with Crippen molar-refractivity contribution in [3.63, 3.8) is 0 Å². The third-order valence-electron chi connectivity index (χ3n) is 2.26. The Labute approximate surface area is 130 Å². The van der Waals surface area contributed by atoms with E-state index in [1.165, 1.54) is 12.3 Å². The second-order valence-corrected chi connectivity index (χ2v) is 5.25. The van der Waals surface area contributed by atoms with Gasteiger partial charge in [-0.15, -0.1) is 0 Å². The Morgan fingerprint density at radius 1 is 1.20 bits per heavy atom. The molecule has 3 nitrogen and oxygen atoms in total. The van der Waals surface area contributed by atoms with E-state index in [9.17, 15) is 13.2 Å². The Balaban J connectivity index is 2.40. The second-order valence-electron chi connectivity index (χ2n) is 3.65. The first kappa shape index (κ1) is 15.3. The first-order valence-corrected chi connectivity index (χ1v) is 6.64. The molecule has 0 bridgehead atoms. The molecule has 1 aromatic carbocycles. The summed E-state index contributed by atoms with van der Waals surface area (Å²) in [6.07, 6.45) is -3.19. The van der Waals surface area contributed by atoms with Gasteiger partial charge < -0.3 is 5.32 Å². The van der Waals surface area contributed by atoms with Crippen LogP contribution in [0.5, 0.6) is 0 Å². The molecule has 0 aliphatic rings. The molecule has 0 aliphatic carbocycles. The van der Waals surface area contributed by atoms with Gasteiger partial charge in [0.1, 0.15) is 5.02 Å². The van der Waals surface area contributed by atoms with Crippen LogP contribution in [-0.2, 0) is 6.18 Å². The molecule has 0 saturated heterocycles. The van der Waals surface area contributed by atoms with E-state index >= 15 is 0 Å². The van der Waals surface area contributed by atoms with Crippen LogP contribution < -0.4 is 5.32 Å². The van der Waals surface area contributed by atoms with E-state index in [0.29, 0.717) is 4.47 Å². The van der Waals surface area contributed by atoms with E-state index < -0.39 is 11.7 Å². The van der Waals surface area contributed by atoms with E-state index in [1.807, 2.05) is 0 Å². The van der Waals surface area contributed by atoms with Gasteiger partial charge in [-0.05, 0) is 45.7 Å². The molecule has 2 aromatic rings. The summed E-state index contributed by atoms with van der Waals surface area (Å²) in [4.78, 5) is 7.46. The van der Waals surface area contributed by atoms with Crippen molar-refractivity contribution in [3.05, 3.63) is 44.7 Å². The lowest BCUT2D eigenvalue weighted by molar-refractivity contribution is -0.137. The van der Waals surface area contributed by atoms with Crippen LogP contribution in [0.25, 0.3) is 0 Å². The zero-order chi connectivity index (χ0) is 14.9. The number of nitrogens with zero attached hydrogens (tertiary/aromatic N) is 2. The lowest BCUT2D eigenvalue weighted by Gasteiger charge is -2.12. The molecule has 1 heterocycles. The molecule has 1 aromatic heterocycles. The number of hydrogen-bond donors (Lipinski definition) is 1. The molecule has 106 valence electrons. The number of anilines is 2. The quantitative estimate of drug-likeness (QED) is 0.711. The fraction of sp³-hybridized carbons (Fsp3) is 0.0909. The fourth-order valence-electron chi connectivity index (χ4n) is 1.36. The average molecular weight is 387 g/mol. The smallest absolute Gasteiger partial charge is 0.338 e. The molecular weight excluding hydrogens is 382 g/mol. The van der Waals surface area contributed by atoms with Crippen molar-refractivity contribution in [3.8, 4) is 0 Å². The zero-order valence-corrected chi connectivity index (χ0v) is 12.6. The van der Waals surface area contributed by atoms with Gasteiger partial charge in [0, 0.05) is 4.47 Å². The molecule has 0 amide bonds. The van der Waals surface area contributed by atoms with Crippen LogP contribution in [0.2, 0.25) is 10.3 Å². The summed E-state index contributed by atoms with van der Waals surface area (Å²) in [6.45, 7) is 0. The zero-order valence-electron chi connectivity index (χ0n) is 9.47. The minimum atomic E-state index is -4.44. The van der Waals surface area contributed by atoms with Gasteiger partial charge in [-0.1, -0.05) is 11.6 Å². The Morgan fingerprint density at radius 3 is 2.55 bits per heavy atom. The van der Waals surface area contributed by atoms with Crippen LogP contribution in [0, 0.1) is 0 Å². The van der Waals surface area contributed by atoms with Crippen LogP contribution in [-0.4, -0.2) is 9.97 Å². The number of hydrogen-bond acceptors (Lipinski definition) is 3. The Bertz CT molecular complexity index is 649. The molecule has 0 saturated carbocycles. The highest BCUT2D eigenvalue weighted by Crippen LogP contribution is 2.35. The van der Waals surface area contributed by atoms with E-state index in [1.54, 1.807) is 0 Å². The minimum Gasteiger partial charge on any atom is -0.338 e. The molecule has 2 rings (SSSR count). The molecule has 9 heteroatoms. The van der Waals surface area contributed by atoms with Crippen LogP contribution in [0.3, 0.4) is 0 Å². The number of rotatable bonds is 2. The maximum Gasteiger partial charge on any atom is 0.416 e. The summed E-state index contributed by atoms with van der Waals surface area (Å²) in [5, 5.41) is 2.75. The molecule has 20 heavy (non-hydrogen) atoms. The van der Waals surface area contributed by atoms with E-state index in [4.69, 9.17) is 23.2 Å². The monoisotopic (exact) mass is 385 g/mol. The Hall–Kier alpha value is -1.05. The second kappa shape index (κ2) is 5.75. The highest BCUT2D eigenvalue weighted by molar-refractivity contribution is 9.10. The van der Waals surface area contributed by atoms with Crippen molar-refractivity contribution >= 4 is 50.6 Å². The largest absolute Gasteiger partial charge is 0.416 e. The predicted molar refractivity (Wildman–Crippen MR) is 74.5 cm³/mol. The first-order chi connectivity index (χ1) is 9.27. The third-order valence-corrected chi connectivity index (χ3v) is 3.41. The van der Waals surface area contributed by atoms with Crippen molar-refractivity contribution < 1.29 is 13.2 Å². The van der Waals surface area contributed by atoms with Gasteiger partial charge in [-0.2, -0.15) is 18.2 Å². The third kappa shape index (κ3) is 3.53. The maximum atomic E-state index is 12.7. The number of halogens is 6. The number of nitrogens with one attached hydrogen (secondary N) is 1. The Morgan fingerprint density at radius 2 is 1.90 bits per heavy atom. The summed E-state index contributed by atoms with van der Waals surface area (Å²) in [5.74, 6) is 0.117. The van der Waals surface area contributed by atoms with E-state index in [2.05, 4.69) is 31.2 Å². The maximum absolute atomic E-state index is 12.7. The lowest BCUT2D eigenvalue weighted by atomic mass is 10.2. The summed E-state index contributed by atoms with van der Waals surface area (Å²) >= 11 is 14.6. The average Bonchev–Trinajstić information content (AvgIpc) is 2.35. The van der Waals surface area contributed by atoms with Crippen molar-refractivity contribution in [2.75, 3.05) is 5.32 Å². The number of aromatic nitrogens is 2. The molecule has 0 aliphatic heterocycles. The highest BCUT2D eigenvalue weighted by Gasteiger charge is 2.31. The van der Waals surface area contributed by atoms with Crippen LogP contribution >= 0.6 is 39.1 Å². The Kier molecular flexibility index (Phi) is 4.41. The van der Waals surface area contributed by atoms with Gasteiger partial charge in [0.15, 0.2) is 5.82 Å². The molecule has 1 N–H and O–H groups in total. The molecular formula is C11H5BrCl2F3N3. The molecule has 0 spiro atoms. The summed E-state index contributed by atoms with van der Waals surface area (Å²) in [5.41, 5.74) is -0.629. The van der Waals surface area contributed by atoms with Crippen molar-refractivity contribution in [2.24, 2.45) is 0 Å². The highest BCUT2D eigenvalue weighted by atomic mass is 79.9. The molecule has 0 fully saturated rings. The predicted octanol–water partition coefficient (Wildman–Crippen LogP) is 5.31. The van der Waals surface area contributed by atoms with Gasteiger partial charge in [0.05, 0.1) is 17.4 Å². The van der Waals surface area contributed by atoms with Crippen LogP contribution in [0.4, 0.5) is 24.7 Å². The van der Waals surface area contributed by atoms with E-state index in [0.717, 1.165) is 12.1 Å². The summed E-state index contributed by atoms with van der Waals surface area (Å²) in [6, 6.07) is 3.18. The van der Waals surface area contributed by atoms with Gasteiger partial charge >= 0.3 is 6.18 Å². The van der Waals surface area contributed by atoms with E-state index in [-0.39, 0.29) is 21.8 Å². The molecule has 0 unspecified atom stereocenters. The lowest BCUT2D eigenvalue weighted by Crippen LogP contribution is -2.06. The van der Waals surface area contributed by atoms with Crippen LogP contribution in [0.1, 0.15) is 5.56 Å². The minimum absolute atomic E-state index is 0.0694. The molecule has 0 radical (unpaired) electrons. The van der Waals surface area contributed by atoms with Gasteiger partial charge in [-0.3, -0.25) is 0 Å². The topological polar surface area (TPSA) is 37.8 Å². The number of benzene rings is 1. The first-order valence-electron chi connectivity index (χ1n) is 5.09. The normalized spacial score (nSPS) is 11.5. The van der Waals surface area contributed by atoms with Crippen LogP contribution in [0.15, 0.2) is 28.9 Å². The van der Waals surface area contributed by atoms with Gasteiger partial charge in [0.2, 0.25) is 5.28 Å². The number of alkyl halides is 3. The SMILES string of the molecule is FC(F)(F)c1ccc(Br)c(Nc2nc(Cl)ncc2Cl)c1. The van der Waals surface area contributed by atoms with Crippen molar-refractivity contribution in [1.29, 1.82) is 0 Å². The summed E-state index contributed by atoms with van der Waals surface area (Å²) in [7, 11) is 0. The van der Waals surface area contributed by atoms with Crippen molar-refractivity contribution in [1.82, 2.24) is 9.97 Å². The van der Waals surface area contributed by atoms with Gasteiger partial charge in [0.25, 0.3) is 0 Å². The fourth-order valence-corrected chi connectivity index (χ4v) is 1.98. The standard InChI is InChI=1S/C11H5BrCl2F3N3/c12-6-2-1-5(11(15,16)17)3-8(6)19-9-7(13)4-18-10(14)20-9/h1-4H,(H,18,19,20).